The number of esters is 1. The number of carbonyl (C=O) groups is 4. The molecule has 0 aliphatic carbocycles. The number of amides is 1. The van der Waals surface area contributed by atoms with Crippen molar-refractivity contribution in [2.45, 2.75) is 117 Å². The highest BCUT2D eigenvalue weighted by Crippen LogP contribution is 2.12. The first-order chi connectivity index (χ1) is 17.6. The van der Waals surface area contributed by atoms with Gasteiger partial charge in [0.1, 0.15) is 5.60 Å². The zero-order chi connectivity index (χ0) is 27.9. The maximum atomic E-state index is 12.6. The van der Waals surface area contributed by atoms with E-state index >= 15 is 0 Å². The zero-order valence-electron chi connectivity index (χ0n) is 23.7. The number of allylic oxidation sites excluding steroid dienone is 5. The summed E-state index contributed by atoms with van der Waals surface area (Å²) in [6.45, 7) is 10.1. The SMILES string of the molecule is CCC/C=C\CCC(=O)/C=C/CC/C=C(\C(=O)CCCCC)C(=O)OCCCCNC(=O)OC(C)(C)C. The highest BCUT2D eigenvalue weighted by Gasteiger charge is 2.19. The van der Waals surface area contributed by atoms with E-state index < -0.39 is 17.7 Å². The number of alkyl carbamates (subject to hydrolysis) is 1. The summed E-state index contributed by atoms with van der Waals surface area (Å²) in [6, 6.07) is 0. The number of Topliss-reactive ketones (excluding diaryl/α,β-unsaturated/α-hetero) is 1. The predicted octanol–water partition coefficient (Wildman–Crippen LogP) is 6.95. The van der Waals surface area contributed by atoms with Crippen molar-refractivity contribution in [2.75, 3.05) is 13.2 Å². The third-order valence-corrected chi connectivity index (χ3v) is 5.17. The van der Waals surface area contributed by atoms with Crippen molar-refractivity contribution in [2.24, 2.45) is 0 Å². The molecular formula is C30H49NO6. The second kappa shape index (κ2) is 21.4. The normalized spacial score (nSPS) is 12.2. The molecule has 0 aliphatic rings. The number of nitrogens with one attached hydrogen (secondary N) is 1. The van der Waals surface area contributed by atoms with Gasteiger partial charge in [0.05, 0.1) is 12.2 Å². The van der Waals surface area contributed by atoms with Crippen molar-refractivity contribution in [3.8, 4) is 0 Å². The lowest BCUT2D eigenvalue weighted by atomic mass is 10.0. The van der Waals surface area contributed by atoms with Crippen LogP contribution in [0.2, 0.25) is 0 Å². The van der Waals surface area contributed by atoms with Gasteiger partial charge in [-0.1, -0.05) is 57.4 Å². The fourth-order valence-corrected chi connectivity index (χ4v) is 3.21. The van der Waals surface area contributed by atoms with Crippen LogP contribution in [0.5, 0.6) is 0 Å². The molecule has 37 heavy (non-hydrogen) atoms. The van der Waals surface area contributed by atoms with Gasteiger partial charge in [-0.25, -0.2) is 9.59 Å². The van der Waals surface area contributed by atoms with Crippen LogP contribution in [0, 0.1) is 0 Å². The maximum Gasteiger partial charge on any atom is 0.407 e. The largest absolute Gasteiger partial charge is 0.462 e. The molecule has 1 N–H and O–H groups in total. The number of carbonyl (C=O) groups excluding carboxylic acids is 4. The lowest BCUT2D eigenvalue weighted by Crippen LogP contribution is -2.33. The summed E-state index contributed by atoms with van der Waals surface area (Å²) in [4.78, 5) is 48.8. The topological polar surface area (TPSA) is 98.8 Å². The summed E-state index contributed by atoms with van der Waals surface area (Å²) < 4.78 is 10.5. The van der Waals surface area contributed by atoms with E-state index in [0.29, 0.717) is 45.1 Å². The van der Waals surface area contributed by atoms with Gasteiger partial charge in [-0.3, -0.25) is 9.59 Å². The number of rotatable bonds is 20. The Hall–Kier alpha value is -2.70. The van der Waals surface area contributed by atoms with E-state index in [1.165, 1.54) is 0 Å². The zero-order valence-corrected chi connectivity index (χ0v) is 23.7. The van der Waals surface area contributed by atoms with Gasteiger partial charge >= 0.3 is 12.1 Å². The molecule has 0 heterocycles. The summed E-state index contributed by atoms with van der Waals surface area (Å²) in [5, 5.41) is 2.66. The second-order valence-corrected chi connectivity index (χ2v) is 10.0. The van der Waals surface area contributed by atoms with Gasteiger partial charge in [0, 0.05) is 19.4 Å². The molecule has 0 aromatic heterocycles. The van der Waals surface area contributed by atoms with E-state index in [1.54, 1.807) is 39.0 Å². The van der Waals surface area contributed by atoms with E-state index in [-0.39, 0.29) is 23.7 Å². The second-order valence-electron chi connectivity index (χ2n) is 10.0. The molecule has 210 valence electrons. The average Bonchev–Trinajstić information content (AvgIpc) is 2.82. The first kappa shape index (κ1) is 34.3. The van der Waals surface area contributed by atoms with Crippen LogP contribution in [0.25, 0.3) is 0 Å². The van der Waals surface area contributed by atoms with E-state index in [0.717, 1.165) is 38.5 Å². The van der Waals surface area contributed by atoms with E-state index in [4.69, 9.17) is 9.47 Å². The monoisotopic (exact) mass is 519 g/mol. The highest BCUT2D eigenvalue weighted by molar-refractivity contribution is 6.17. The van der Waals surface area contributed by atoms with Gasteiger partial charge in [0.15, 0.2) is 11.6 Å². The molecular weight excluding hydrogens is 470 g/mol. The molecule has 1 amide bonds. The van der Waals surface area contributed by atoms with Crippen molar-refractivity contribution in [1.82, 2.24) is 5.32 Å². The Morgan fingerprint density at radius 3 is 2.19 bits per heavy atom. The Morgan fingerprint density at radius 1 is 0.784 bits per heavy atom. The van der Waals surface area contributed by atoms with Gasteiger partial charge < -0.3 is 14.8 Å². The van der Waals surface area contributed by atoms with Crippen LogP contribution in [-0.2, 0) is 23.9 Å². The fourth-order valence-electron chi connectivity index (χ4n) is 3.21. The van der Waals surface area contributed by atoms with Crippen LogP contribution in [0.15, 0.2) is 36.0 Å². The summed E-state index contributed by atoms with van der Waals surface area (Å²) in [5.41, 5.74) is -0.466. The molecule has 0 aliphatic heterocycles. The van der Waals surface area contributed by atoms with E-state index in [2.05, 4.69) is 25.2 Å². The molecule has 0 spiro atoms. The summed E-state index contributed by atoms with van der Waals surface area (Å²) in [6.07, 6.45) is 17.2. The van der Waals surface area contributed by atoms with Crippen molar-refractivity contribution in [3.63, 3.8) is 0 Å². The third kappa shape index (κ3) is 21.1. The quantitative estimate of drug-likeness (QED) is 0.0466. The van der Waals surface area contributed by atoms with Crippen LogP contribution < -0.4 is 5.32 Å². The lowest BCUT2D eigenvalue weighted by Gasteiger charge is -2.19. The van der Waals surface area contributed by atoms with Crippen LogP contribution in [-0.4, -0.2) is 42.4 Å². The van der Waals surface area contributed by atoms with Crippen molar-refractivity contribution >= 4 is 23.6 Å². The molecule has 0 radical (unpaired) electrons. The van der Waals surface area contributed by atoms with E-state index in [1.807, 2.05) is 6.08 Å². The number of ketones is 2. The summed E-state index contributed by atoms with van der Waals surface area (Å²) in [7, 11) is 0. The van der Waals surface area contributed by atoms with Gasteiger partial charge in [-0.15, -0.1) is 0 Å². The predicted molar refractivity (Wildman–Crippen MR) is 148 cm³/mol. The summed E-state index contributed by atoms with van der Waals surface area (Å²) in [5.74, 6) is -0.744. The standard InChI is InChI=1S/C30H49NO6/c1-6-8-10-11-14-19-25(32)20-15-12-16-21-26(27(33)22-13-9-7-2)28(34)36-24-18-17-23-31-29(35)37-30(3,4)5/h10-11,15,20-21H,6-9,12-14,16-19,22-24H2,1-5H3,(H,31,35)/b11-10-,20-15+,26-21+. The van der Waals surface area contributed by atoms with Crippen molar-refractivity contribution < 1.29 is 28.7 Å². The van der Waals surface area contributed by atoms with Gasteiger partial charge in [-0.05, 0) is 71.8 Å². The molecule has 7 nitrogen and oxygen atoms in total. The molecule has 0 rings (SSSR count). The Labute approximate surface area is 224 Å². The molecule has 0 saturated heterocycles. The van der Waals surface area contributed by atoms with Crippen LogP contribution in [0.1, 0.15) is 112 Å². The highest BCUT2D eigenvalue weighted by atomic mass is 16.6. The number of ether oxygens (including phenoxy) is 2. The van der Waals surface area contributed by atoms with Crippen LogP contribution in [0.3, 0.4) is 0 Å². The smallest absolute Gasteiger partial charge is 0.407 e. The van der Waals surface area contributed by atoms with E-state index in [9.17, 15) is 19.2 Å². The Balaban J connectivity index is 4.59. The molecule has 0 bridgehead atoms. The fraction of sp³-hybridized carbons (Fsp3) is 0.667. The minimum absolute atomic E-state index is 0.0709. The minimum Gasteiger partial charge on any atom is -0.462 e. The van der Waals surface area contributed by atoms with Crippen molar-refractivity contribution in [1.29, 1.82) is 0 Å². The molecule has 0 saturated carbocycles. The Morgan fingerprint density at radius 2 is 1.51 bits per heavy atom. The maximum absolute atomic E-state index is 12.6. The van der Waals surface area contributed by atoms with Crippen LogP contribution >= 0.6 is 0 Å². The first-order valence-electron chi connectivity index (χ1n) is 13.8. The first-order valence-corrected chi connectivity index (χ1v) is 13.8. The molecule has 7 heteroatoms. The number of hydrogen-bond donors (Lipinski definition) is 1. The number of unbranched alkanes of at least 4 members (excludes halogenated alkanes) is 5. The number of hydrogen-bond acceptors (Lipinski definition) is 6. The Bertz CT molecular complexity index is 773. The lowest BCUT2D eigenvalue weighted by molar-refractivity contribution is -0.140. The molecule has 0 aromatic carbocycles. The molecule has 0 atom stereocenters. The molecule has 0 unspecified atom stereocenters. The Kier molecular flexibility index (Phi) is 19.8. The molecule has 0 fully saturated rings. The minimum atomic E-state index is -0.611. The van der Waals surface area contributed by atoms with Gasteiger partial charge in [0.2, 0.25) is 0 Å². The summed E-state index contributed by atoms with van der Waals surface area (Å²) >= 11 is 0. The van der Waals surface area contributed by atoms with Crippen molar-refractivity contribution in [3.05, 3.63) is 36.0 Å². The van der Waals surface area contributed by atoms with Gasteiger partial charge in [0.25, 0.3) is 0 Å². The van der Waals surface area contributed by atoms with Gasteiger partial charge in [-0.2, -0.15) is 0 Å². The third-order valence-electron chi connectivity index (χ3n) is 5.17. The van der Waals surface area contributed by atoms with Crippen LogP contribution in [0.4, 0.5) is 4.79 Å². The molecule has 0 aromatic rings. The average molecular weight is 520 g/mol.